The topological polar surface area (TPSA) is 75.7 Å². The van der Waals surface area contributed by atoms with Crippen molar-refractivity contribution in [2.75, 3.05) is 11.5 Å². The molecule has 0 saturated carbocycles. The SMILES string of the molecule is CCOc1ccc(/C=C2/C(=O)NC(=O)N(c3ccc(Br)c(C)c3)C2=O)cc1Cl. The van der Waals surface area contributed by atoms with Gasteiger partial charge in [-0.3, -0.25) is 14.9 Å². The fourth-order valence-electron chi connectivity index (χ4n) is 2.71. The normalized spacial score (nSPS) is 15.8. The van der Waals surface area contributed by atoms with Crippen molar-refractivity contribution in [3.8, 4) is 5.75 Å². The van der Waals surface area contributed by atoms with E-state index in [9.17, 15) is 14.4 Å². The van der Waals surface area contributed by atoms with Gasteiger partial charge in [-0.05, 0) is 61.4 Å². The number of ether oxygens (including phenoxy) is 1. The largest absolute Gasteiger partial charge is 0.492 e. The third-order valence-corrected chi connectivity index (χ3v) is 5.25. The van der Waals surface area contributed by atoms with Gasteiger partial charge in [0, 0.05) is 4.47 Å². The summed E-state index contributed by atoms with van der Waals surface area (Å²) in [6.07, 6.45) is 1.39. The molecule has 6 nitrogen and oxygen atoms in total. The highest BCUT2D eigenvalue weighted by Gasteiger charge is 2.36. The number of halogens is 2. The van der Waals surface area contributed by atoms with Crippen LogP contribution in [0.15, 0.2) is 46.4 Å². The standard InChI is InChI=1S/C20H16BrClN2O4/c1-3-28-17-7-4-12(10-16(17)22)9-14-18(25)23-20(27)24(19(14)26)13-5-6-15(21)11(2)8-13/h4-10H,3H2,1-2H3,(H,23,25,27)/b14-9-. The lowest BCUT2D eigenvalue weighted by Gasteiger charge is -2.26. The highest BCUT2D eigenvalue weighted by Crippen LogP contribution is 2.29. The van der Waals surface area contributed by atoms with E-state index >= 15 is 0 Å². The lowest BCUT2D eigenvalue weighted by molar-refractivity contribution is -0.122. The maximum atomic E-state index is 12.9. The summed E-state index contributed by atoms with van der Waals surface area (Å²) in [5.41, 5.74) is 1.58. The number of carbonyl (C=O) groups is 3. The van der Waals surface area contributed by atoms with Crippen LogP contribution < -0.4 is 15.0 Å². The fourth-order valence-corrected chi connectivity index (χ4v) is 3.20. The van der Waals surface area contributed by atoms with Gasteiger partial charge in [-0.2, -0.15) is 0 Å². The molecule has 1 heterocycles. The average Bonchev–Trinajstić information content (AvgIpc) is 2.63. The van der Waals surface area contributed by atoms with Crippen LogP contribution in [-0.4, -0.2) is 24.5 Å². The lowest BCUT2D eigenvalue weighted by Crippen LogP contribution is -2.54. The molecule has 28 heavy (non-hydrogen) atoms. The lowest BCUT2D eigenvalue weighted by atomic mass is 10.1. The highest BCUT2D eigenvalue weighted by molar-refractivity contribution is 9.10. The Morgan fingerprint density at radius 1 is 1.18 bits per heavy atom. The number of nitrogens with zero attached hydrogens (tertiary/aromatic N) is 1. The predicted octanol–water partition coefficient (Wildman–Crippen LogP) is 4.48. The third-order valence-electron chi connectivity index (χ3n) is 4.07. The first kappa shape index (κ1) is 20.1. The smallest absolute Gasteiger partial charge is 0.335 e. The summed E-state index contributed by atoms with van der Waals surface area (Å²) < 4.78 is 6.22. The number of rotatable bonds is 4. The minimum absolute atomic E-state index is 0.166. The summed E-state index contributed by atoms with van der Waals surface area (Å²) in [6.45, 7) is 4.14. The maximum absolute atomic E-state index is 12.9. The van der Waals surface area contributed by atoms with Gasteiger partial charge in [0.25, 0.3) is 11.8 Å². The Labute approximate surface area is 175 Å². The van der Waals surface area contributed by atoms with E-state index in [1.54, 1.807) is 36.4 Å². The van der Waals surface area contributed by atoms with E-state index in [4.69, 9.17) is 16.3 Å². The summed E-state index contributed by atoms with van der Waals surface area (Å²) in [7, 11) is 0. The molecule has 2 aromatic rings. The van der Waals surface area contributed by atoms with Crippen molar-refractivity contribution >= 4 is 57.1 Å². The second-order valence-electron chi connectivity index (χ2n) is 6.01. The minimum Gasteiger partial charge on any atom is -0.492 e. The van der Waals surface area contributed by atoms with Crippen LogP contribution >= 0.6 is 27.5 Å². The van der Waals surface area contributed by atoms with Crippen LogP contribution in [-0.2, 0) is 9.59 Å². The summed E-state index contributed by atoms with van der Waals surface area (Å²) in [5.74, 6) is -0.960. The highest BCUT2D eigenvalue weighted by atomic mass is 79.9. The van der Waals surface area contributed by atoms with Gasteiger partial charge in [0.2, 0.25) is 0 Å². The minimum atomic E-state index is -0.793. The number of hydrogen-bond donors (Lipinski definition) is 1. The van der Waals surface area contributed by atoms with Crippen molar-refractivity contribution in [1.29, 1.82) is 0 Å². The van der Waals surface area contributed by atoms with Crippen LogP contribution in [0.25, 0.3) is 6.08 Å². The van der Waals surface area contributed by atoms with Gasteiger partial charge < -0.3 is 4.74 Å². The number of aryl methyl sites for hydroxylation is 1. The summed E-state index contributed by atoms with van der Waals surface area (Å²) in [6, 6.07) is 9.17. The molecule has 0 bridgehead atoms. The Bertz CT molecular complexity index is 1020. The number of imide groups is 2. The number of benzene rings is 2. The van der Waals surface area contributed by atoms with Crippen LogP contribution in [0.5, 0.6) is 5.75 Å². The molecule has 1 aliphatic heterocycles. The van der Waals surface area contributed by atoms with Gasteiger partial charge in [0.05, 0.1) is 17.3 Å². The molecule has 0 atom stereocenters. The fraction of sp³-hybridized carbons (Fsp3) is 0.150. The number of anilines is 1. The van der Waals surface area contributed by atoms with Crippen LogP contribution in [0.2, 0.25) is 5.02 Å². The Kier molecular flexibility index (Phi) is 5.86. The van der Waals surface area contributed by atoms with Gasteiger partial charge in [-0.25, -0.2) is 9.69 Å². The van der Waals surface area contributed by atoms with Gasteiger partial charge >= 0.3 is 6.03 Å². The number of carbonyl (C=O) groups excluding carboxylic acids is 3. The number of barbiturate groups is 1. The quantitative estimate of drug-likeness (QED) is 0.536. The Hall–Kier alpha value is -2.64. The monoisotopic (exact) mass is 462 g/mol. The number of nitrogens with one attached hydrogen (secondary N) is 1. The van der Waals surface area contributed by atoms with E-state index in [1.807, 2.05) is 13.8 Å². The summed E-state index contributed by atoms with van der Waals surface area (Å²) in [5, 5.41) is 2.56. The van der Waals surface area contributed by atoms with E-state index in [0.717, 1.165) is 14.9 Å². The van der Waals surface area contributed by atoms with Gasteiger partial charge in [-0.15, -0.1) is 0 Å². The summed E-state index contributed by atoms with van der Waals surface area (Å²) >= 11 is 9.55. The van der Waals surface area contributed by atoms with Crippen molar-refractivity contribution < 1.29 is 19.1 Å². The summed E-state index contributed by atoms with van der Waals surface area (Å²) in [4.78, 5) is 38.4. The van der Waals surface area contributed by atoms with E-state index in [0.29, 0.717) is 28.6 Å². The number of hydrogen-bond acceptors (Lipinski definition) is 4. The predicted molar refractivity (Wildman–Crippen MR) is 111 cm³/mol. The van der Waals surface area contributed by atoms with Crippen molar-refractivity contribution in [3.63, 3.8) is 0 Å². The van der Waals surface area contributed by atoms with Gasteiger partial charge in [-0.1, -0.05) is 33.6 Å². The van der Waals surface area contributed by atoms with Crippen molar-refractivity contribution in [2.45, 2.75) is 13.8 Å². The molecule has 1 fully saturated rings. The number of urea groups is 1. The zero-order chi connectivity index (χ0) is 20.4. The van der Waals surface area contributed by atoms with Crippen LogP contribution in [0.1, 0.15) is 18.1 Å². The molecule has 2 aromatic carbocycles. The van der Waals surface area contributed by atoms with E-state index in [-0.39, 0.29) is 5.57 Å². The third kappa shape index (κ3) is 3.95. The maximum Gasteiger partial charge on any atom is 0.335 e. The Morgan fingerprint density at radius 2 is 1.93 bits per heavy atom. The molecule has 0 unspecified atom stereocenters. The van der Waals surface area contributed by atoms with Gasteiger partial charge in [0.15, 0.2) is 0 Å². The molecule has 0 aromatic heterocycles. The molecule has 3 rings (SSSR count). The zero-order valence-electron chi connectivity index (χ0n) is 15.1. The average molecular weight is 464 g/mol. The molecule has 1 saturated heterocycles. The second kappa shape index (κ2) is 8.16. The Morgan fingerprint density at radius 3 is 2.57 bits per heavy atom. The van der Waals surface area contributed by atoms with Crippen LogP contribution in [0, 0.1) is 6.92 Å². The van der Waals surface area contributed by atoms with Gasteiger partial charge in [0.1, 0.15) is 11.3 Å². The van der Waals surface area contributed by atoms with Crippen molar-refractivity contribution in [2.24, 2.45) is 0 Å². The molecular weight excluding hydrogens is 448 g/mol. The van der Waals surface area contributed by atoms with E-state index in [1.165, 1.54) is 6.08 Å². The first-order chi connectivity index (χ1) is 13.3. The first-order valence-corrected chi connectivity index (χ1v) is 9.59. The zero-order valence-corrected chi connectivity index (χ0v) is 17.4. The molecule has 8 heteroatoms. The van der Waals surface area contributed by atoms with Crippen LogP contribution in [0.4, 0.5) is 10.5 Å². The second-order valence-corrected chi connectivity index (χ2v) is 7.28. The van der Waals surface area contributed by atoms with Crippen molar-refractivity contribution in [3.05, 3.63) is 62.6 Å². The van der Waals surface area contributed by atoms with E-state index < -0.39 is 17.8 Å². The molecule has 0 spiro atoms. The Balaban J connectivity index is 1.98. The first-order valence-electron chi connectivity index (χ1n) is 8.41. The molecule has 0 aliphatic carbocycles. The van der Waals surface area contributed by atoms with Crippen molar-refractivity contribution in [1.82, 2.24) is 5.32 Å². The molecule has 0 radical (unpaired) electrons. The molecule has 4 amide bonds. The molecule has 1 N–H and O–H groups in total. The van der Waals surface area contributed by atoms with Crippen LogP contribution in [0.3, 0.4) is 0 Å². The molecule has 144 valence electrons. The molecule has 1 aliphatic rings. The number of amides is 4. The van der Waals surface area contributed by atoms with E-state index in [2.05, 4.69) is 21.2 Å². The molecular formula is C20H16BrClN2O4.